The third-order valence-corrected chi connectivity index (χ3v) is 5.93. The lowest BCUT2D eigenvalue weighted by Gasteiger charge is -2.34. The first-order valence-corrected chi connectivity index (χ1v) is 9.49. The smallest absolute Gasteiger partial charge is 0.326 e. The maximum absolute atomic E-state index is 12.8. The fourth-order valence-corrected chi connectivity index (χ4v) is 4.13. The van der Waals surface area contributed by atoms with Crippen molar-refractivity contribution in [1.29, 1.82) is 0 Å². The lowest BCUT2D eigenvalue weighted by Crippen LogP contribution is -2.49. The van der Waals surface area contributed by atoms with Crippen LogP contribution in [0.4, 0.5) is 4.79 Å². The van der Waals surface area contributed by atoms with Gasteiger partial charge in [-0.25, -0.2) is 4.79 Å². The van der Waals surface area contributed by atoms with Crippen LogP contribution in [0, 0.1) is 11.8 Å². The molecule has 6 heteroatoms. The summed E-state index contributed by atoms with van der Waals surface area (Å²) >= 11 is 0. The van der Waals surface area contributed by atoms with Gasteiger partial charge in [0.25, 0.3) is 5.91 Å². The van der Waals surface area contributed by atoms with Gasteiger partial charge in [-0.1, -0.05) is 25.5 Å². The number of amides is 3. The minimum absolute atomic E-state index is 0.260. The topological polar surface area (TPSA) is 75.7 Å². The molecule has 1 atom stereocenters. The number of rotatable bonds is 5. The van der Waals surface area contributed by atoms with E-state index in [0.717, 1.165) is 43.4 Å². The monoisotopic (exact) mass is 348 g/mol. The van der Waals surface area contributed by atoms with E-state index < -0.39 is 17.5 Å². The van der Waals surface area contributed by atoms with Crippen molar-refractivity contribution in [2.45, 2.75) is 63.8 Å². The lowest BCUT2D eigenvalue weighted by atomic mass is 9.75. The molecule has 2 fully saturated rings. The van der Waals surface area contributed by atoms with Crippen LogP contribution in [0.2, 0.25) is 0 Å². The van der Waals surface area contributed by atoms with E-state index in [2.05, 4.69) is 24.4 Å². The zero-order valence-corrected chi connectivity index (χ0v) is 15.0. The third kappa shape index (κ3) is 3.88. The largest absolute Gasteiger partial charge is 0.464 e. The first-order valence-electron chi connectivity index (χ1n) is 9.49. The summed E-state index contributed by atoms with van der Waals surface area (Å²) in [4.78, 5) is 38.1. The predicted octanol–water partition coefficient (Wildman–Crippen LogP) is 2.78. The number of ether oxygens (including phenoxy) is 1. The van der Waals surface area contributed by atoms with Crippen LogP contribution in [-0.2, 0) is 14.3 Å². The number of imide groups is 1. The summed E-state index contributed by atoms with van der Waals surface area (Å²) in [6.07, 6.45) is 11.5. The highest BCUT2D eigenvalue weighted by atomic mass is 16.5. The predicted molar refractivity (Wildman–Crippen MR) is 92.7 cm³/mol. The van der Waals surface area contributed by atoms with Gasteiger partial charge in [-0.15, -0.1) is 0 Å². The van der Waals surface area contributed by atoms with E-state index in [9.17, 15) is 14.4 Å². The summed E-state index contributed by atoms with van der Waals surface area (Å²) in [5, 5.41) is 2.85. The van der Waals surface area contributed by atoms with Gasteiger partial charge in [-0.3, -0.25) is 14.5 Å². The Labute approximate surface area is 149 Å². The molecule has 1 saturated carbocycles. The number of hydrogen-bond donors (Lipinski definition) is 1. The Morgan fingerprint density at radius 2 is 2.00 bits per heavy atom. The SMILES string of the molecule is CCC1CCC2(CC1)NC(=O)N(CC(=O)OCC1CC=CCC1)C2=O. The lowest BCUT2D eigenvalue weighted by molar-refractivity contribution is -0.149. The van der Waals surface area contributed by atoms with Crippen molar-refractivity contribution in [2.75, 3.05) is 13.2 Å². The number of nitrogens with zero attached hydrogens (tertiary/aromatic N) is 1. The molecule has 1 heterocycles. The van der Waals surface area contributed by atoms with Gasteiger partial charge in [-0.2, -0.15) is 0 Å². The third-order valence-electron chi connectivity index (χ3n) is 5.93. The molecule has 1 N–H and O–H groups in total. The molecular weight excluding hydrogens is 320 g/mol. The molecule has 3 amide bonds. The highest BCUT2D eigenvalue weighted by molar-refractivity contribution is 6.08. The molecule has 0 bridgehead atoms. The highest BCUT2D eigenvalue weighted by Gasteiger charge is 2.52. The molecule has 1 saturated heterocycles. The molecule has 0 aromatic rings. The van der Waals surface area contributed by atoms with Crippen molar-refractivity contribution in [2.24, 2.45) is 11.8 Å². The first-order chi connectivity index (χ1) is 12.0. The molecule has 3 rings (SSSR count). The summed E-state index contributed by atoms with van der Waals surface area (Å²) in [5.41, 5.74) is -0.794. The van der Waals surface area contributed by atoms with E-state index >= 15 is 0 Å². The molecule has 138 valence electrons. The van der Waals surface area contributed by atoms with E-state index in [1.807, 2.05) is 0 Å². The van der Waals surface area contributed by atoms with Gasteiger partial charge < -0.3 is 10.1 Å². The van der Waals surface area contributed by atoms with Gasteiger partial charge in [0.05, 0.1) is 6.61 Å². The fourth-order valence-electron chi connectivity index (χ4n) is 4.13. The molecule has 3 aliphatic rings. The standard InChI is InChI=1S/C19H28N2O4/c1-2-14-8-10-19(11-9-14)17(23)21(18(24)20-19)12-16(22)25-13-15-6-4-3-5-7-15/h3-4,14-15H,2,5-13H2,1H3,(H,20,24). The second-order valence-electron chi connectivity index (χ2n) is 7.59. The van der Waals surface area contributed by atoms with Crippen LogP contribution in [0.3, 0.4) is 0 Å². The minimum Gasteiger partial charge on any atom is -0.464 e. The molecular formula is C19H28N2O4. The summed E-state index contributed by atoms with van der Waals surface area (Å²) < 4.78 is 5.30. The number of allylic oxidation sites excluding steroid dienone is 2. The quantitative estimate of drug-likeness (QED) is 0.471. The average molecular weight is 348 g/mol. The highest BCUT2D eigenvalue weighted by Crippen LogP contribution is 2.37. The van der Waals surface area contributed by atoms with E-state index in [-0.39, 0.29) is 12.5 Å². The van der Waals surface area contributed by atoms with Crippen molar-refractivity contribution >= 4 is 17.9 Å². The zero-order valence-electron chi connectivity index (χ0n) is 15.0. The Balaban J connectivity index is 1.52. The van der Waals surface area contributed by atoms with E-state index in [1.165, 1.54) is 0 Å². The van der Waals surface area contributed by atoms with Crippen LogP contribution < -0.4 is 5.32 Å². The normalized spacial score (nSPS) is 32.1. The van der Waals surface area contributed by atoms with Crippen molar-refractivity contribution in [3.8, 4) is 0 Å². The van der Waals surface area contributed by atoms with Gasteiger partial charge >= 0.3 is 12.0 Å². The molecule has 0 aromatic heterocycles. The second-order valence-corrected chi connectivity index (χ2v) is 7.59. The van der Waals surface area contributed by atoms with Gasteiger partial charge in [0.1, 0.15) is 12.1 Å². The maximum Gasteiger partial charge on any atom is 0.326 e. The molecule has 0 radical (unpaired) electrons. The van der Waals surface area contributed by atoms with Crippen LogP contribution in [-0.4, -0.2) is 41.5 Å². The Bertz CT molecular complexity index is 564. The molecule has 2 aliphatic carbocycles. The van der Waals surface area contributed by atoms with Gasteiger partial charge in [-0.05, 0) is 56.8 Å². The second kappa shape index (κ2) is 7.58. The van der Waals surface area contributed by atoms with Crippen LogP contribution in [0.5, 0.6) is 0 Å². The van der Waals surface area contributed by atoms with Gasteiger partial charge in [0, 0.05) is 0 Å². The van der Waals surface area contributed by atoms with E-state index in [1.54, 1.807) is 0 Å². The number of hydrogen-bond acceptors (Lipinski definition) is 4. The van der Waals surface area contributed by atoms with Crippen LogP contribution in [0.25, 0.3) is 0 Å². The van der Waals surface area contributed by atoms with E-state index in [4.69, 9.17) is 4.74 Å². The Morgan fingerprint density at radius 1 is 1.24 bits per heavy atom. The number of carbonyl (C=O) groups is 3. The summed E-state index contributed by atoms with van der Waals surface area (Å²) in [7, 11) is 0. The zero-order chi connectivity index (χ0) is 17.9. The number of urea groups is 1. The Kier molecular flexibility index (Phi) is 5.45. The molecule has 1 unspecified atom stereocenters. The molecule has 1 spiro atoms. The van der Waals surface area contributed by atoms with Crippen LogP contribution >= 0.6 is 0 Å². The summed E-state index contributed by atoms with van der Waals surface area (Å²) in [6.45, 7) is 2.23. The number of carbonyl (C=O) groups excluding carboxylic acids is 3. The van der Waals surface area contributed by atoms with Crippen molar-refractivity contribution < 1.29 is 19.1 Å². The van der Waals surface area contributed by atoms with Crippen molar-refractivity contribution in [3.63, 3.8) is 0 Å². The van der Waals surface area contributed by atoms with Crippen molar-refractivity contribution in [1.82, 2.24) is 10.2 Å². The summed E-state index contributed by atoms with van der Waals surface area (Å²) in [5.74, 6) is 0.202. The van der Waals surface area contributed by atoms with Gasteiger partial charge in [0.2, 0.25) is 0 Å². The maximum atomic E-state index is 12.8. The van der Waals surface area contributed by atoms with Crippen LogP contribution in [0.1, 0.15) is 58.3 Å². The van der Waals surface area contributed by atoms with Gasteiger partial charge in [0.15, 0.2) is 0 Å². The number of nitrogens with one attached hydrogen (secondary N) is 1. The first kappa shape index (κ1) is 18.0. The Morgan fingerprint density at radius 3 is 2.64 bits per heavy atom. The number of esters is 1. The summed E-state index contributed by atoms with van der Waals surface area (Å²) in [6, 6.07) is -0.461. The van der Waals surface area contributed by atoms with Crippen LogP contribution in [0.15, 0.2) is 12.2 Å². The molecule has 6 nitrogen and oxygen atoms in total. The molecule has 0 aromatic carbocycles. The molecule has 25 heavy (non-hydrogen) atoms. The van der Waals surface area contributed by atoms with E-state index in [0.29, 0.717) is 31.3 Å². The average Bonchev–Trinajstić information content (AvgIpc) is 2.86. The Hall–Kier alpha value is -1.85. The fraction of sp³-hybridized carbons (Fsp3) is 0.737. The van der Waals surface area contributed by atoms with Crippen molar-refractivity contribution in [3.05, 3.63) is 12.2 Å². The molecule has 1 aliphatic heterocycles. The minimum atomic E-state index is -0.794.